The van der Waals surface area contributed by atoms with E-state index in [0.29, 0.717) is 12.5 Å². The summed E-state index contributed by atoms with van der Waals surface area (Å²) < 4.78 is 0. The van der Waals surface area contributed by atoms with Gasteiger partial charge in [0.25, 0.3) is 0 Å². The number of aliphatic imine (C=N–C) groups is 1. The molecule has 7 nitrogen and oxygen atoms in total. The van der Waals surface area contributed by atoms with E-state index in [4.69, 9.17) is 0 Å². The number of carbonyl (C=O) groups excluding carboxylic acids is 1. The molecule has 0 aromatic carbocycles. The molecule has 0 saturated heterocycles. The highest BCUT2D eigenvalue weighted by molar-refractivity contribution is 14.0. The number of guanidine groups is 1. The molecule has 2 N–H and O–H groups in total. The van der Waals surface area contributed by atoms with E-state index in [2.05, 4.69) is 32.5 Å². The van der Waals surface area contributed by atoms with Gasteiger partial charge in [-0.2, -0.15) is 0 Å². The van der Waals surface area contributed by atoms with Crippen LogP contribution in [0.3, 0.4) is 0 Å². The highest BCUT2D eigenvalue weighted by Crippen LogP contribution is 2.16. The zero-order valence-corrected chi connectivity index (χ0v) is 20.0. The van der Waals surface area contributed by atoms with Gasteiger partial charge in [-0.3, -0.25) is 14.8 Å². The molecule has 0 saturated carbocycles. The highest BCUT2D eigenvalue weighted by atomic mass is 127. The molecule has 2 aromatic rings. The van der Waals surface area contributed by atoms with Crippen molar-refractivity contribution in [1.82, 2.24) is 25.5 Å². The van der Waals surface area contributed by atoms with Gasteiger partial charge >= 0.3 is 0 Å². The van der Waals surface area contributed by atoms with Crippen LogP contribution in [0.5, 0.6) is 0 Å². The number of rotatable bonds is 8. The van der Waals surface area contributed by atoms with Crippen LogP contribution in [0.25, 0.3) is 0 Å². The van der Waals surface area contributed by atoms with Crippen LogP contribution < -0.4 is 10.6 Å². The van der Waals surface area contributed by atoms with E-state index >= 15 is 0 Å². The van der Waals surface area contributed by atoms with E-state index in [1.54, 1.807) is 36.5 Å². The van der Waals surface area contributed by atoms with Crippen LogP contribution in [0.4, 0.5) is 0 Å². The second-order valence-electron chi connectivity index (χ2n) is 6.24. The van der Waals surface area contributed by atoms with Gasteiger partial charge in [0, 0.05) is 56.8 Å². The minimum absolute atomic E-state index is 0. The third-order valence-corrected chi connectivity index (χ3v) is 5.32. The number of thiazole rings is 1. The topological polar surface area (TPSA) is 82.5 Å². The molecule has 28 heavy (non-hydrogen) atoms. The molecule has 0 fully saturated rings. The number of carbonyl (C=O) groups is 1. The van der Waals surface area contributed by atoms with Crippen molar-refractivity contribution < 1.29 is 4.79 Å². The van der Waals surface area contributed by atoms with Gasteiger partial charge in [-0.05, 0) is 26.0 Å². The minimum atomic E-state index is 0. The Hall–Kier alpha value is -1.75. The van der Waals surface area contributed by atoms with E-state index in [1.165, 1.54) is 4.88 Å². The molecule has 0 spiro atoms. The molecule has 154 valence electrons. The van der Waals surface area contributed by atoms with Crippen molar-refractivity contribution in [3.8, 4) is 0 Å². The first-order valence-electron chi connectivity index (χ1n) is 9.01. The second-order valence-corrected chi connectivity index (χ2v) is 7.53. The Morgan fingerprint density at radius 3 is 2.64 bits per heavy atom. The van der Waals surface area contributed by atoms with E-state index in [9.17, 15) is 4.79 Å². The van der Waals surface area contributed by atoms with Crippen molar-refractivity contribution in [2.24, 2.45) is 4.99 Å². The fourth-order valence-corrected chi connectivity index (χ4v) is 3.34. The third-order valence-electron chi connectivity index (χ3n) is 4.19. The molecule has 0 unspecified atom stereocenters. The lowest BCUT2D eigenvalue weighted by Crippen LogP contribution is -2.44. The summed E-state index contributed by atoms with van der Waals surface area (Å²) in [6.45, 7) is 5.66. The Morgan fingerprint density at radius 2 is 2.04 bits per heavy atom. The molecule has 2 rings (SSSR count). The first-order chi connectivity index (χ1) is 13.0. The molecule has 9 heteroatoms. The zero-order chi connectivity index (χ0) is 19.6. The first kappa shape index (κ1) is 24.3. The van der Waals surface area contributed by atoms with Crippen molar-refractivity contribution in [2.75, 3.05) is 33.7 Å². The van der Waals surface area contributed by atoms with Crippen LogP contribution in [-0.2, 0) is 17.6 Å². The van der Waals surface area contributed by atoms with Crippen LogP contribution in [0, 0.1) is 13.8 Å². The fourth-order valence-electron chi connectivity index (χ4n) is 2.40. The van der Waals surface area contributed by atoms with Gasteiger partial charge in [-0.15, -0.1) is 35.3 Å². The average Bonchev–Trinajstić information content (AvgIpc) is 3.00. The number of aromatic nitrogens is 2. The maximum atomic E-state index is 12.3. The normalized spacial score (nSPS) is 10.9. The van der Waals surface area contributed by atoms with Gasteiger partial charge in [0.15, 0.2) is 5.96 Å². The monoisotopic (exact) mass is 516 g/mol. The molecule has 0 aliphatic carbocycles. The zero-order valence-electron chi connectivity index (χ0n) is 16.9. The summed E-state index contributed by atoms with van der Waals surface area (Å²) >= 11 is 1.72. The number of aryl methyl sites for hydroxylation is 2. The van der Waals surface area contributed by atoms with Crippen molar-refractivity contribution in [3.05, 3.63) is 45.7 Å². The summed E-state index contributed by atoms with van der Waals surface area (Å²) in [5.74, 6) is 0.631. The van der Waals surface area contributed by atoms with Crippen LogP contribution in [0.2, 0.25) is 0 Å². The summed E-state index contributed by atoms with van der Waals surface area (Å²) in [4.78, 5) is 28.2. The quantitative estimate of drug-likeness (QED) is 0.320. The second kappa shape index (κ2) is 12.7. The summed E-state index contributed by atoms with van der Waals surface area (Å²) in [6.07, 6.45) is 3.34. The summed E-state index contributed by atoms with van der Waals surface area (Å²) in [5, 5.41) is 7.40. The molecule has 1 amide bonds. The number of hydrogen-bond acceptors (Lipinski definition) is 5. The Labute approximate surface area is 188 Å². The largest absolute Gasteiger partial charge is 0.356 e. The van der Waals surface area contributed by atoms with E-state index in [1.807, 2.05) is 25.1 Å². The molecular formula is C19H29IN6OS. The first-order valence-corrected chi connectivity index (χ1v) is 9.82. The van der Waals surface area contributed by atoms with Gasteiger partial charge in [-0.1, -0.05) is 6.07 Å². The van der Waals surface area contributed by atoms with Crippen LogP contribution in [0.1, 0.15) is 21.3 Å². The highest BCUT2D eigenvalue weighted by Gasteiger charge is 2.10. The molecule has 0 radical (unpaired) electrons. The van der Waals surface area contributed by atoms with Crippen molar-refractivity contribution >= 4 is 47.2 Å². The van der Waals surface area contributed by atoms with Crippen molar-refractivity contribution in [3.63, 3.8) is 0 Å². The van der Waals surface area contributed by atoms with Crippen molar-refractivity contribution in [1.29, 1.82) is 0 Å². The molecule has 2 aromatic heterocycles. The summed E-state index contributed by atoms with van der Waals surface area (Å²) in [7, 11) is 3.50. The third kappa shape index (κ3) is 8.09. The van der Waals surface area contributed by atoms with Crippen LogP contribution >= 0.6 is 35.3 Å². The summed E-state index contributed by atoms with van der Waals surface area (Å²) in [5.41, 5.74) is 2.08. The van der Waals surface area contributed by atoms with Crippen LogP contribution in [0.15, 0.2) is 29.4 Å². The Morgan fingerprint density at radius 1 is 1.25 bits per heavy atom. The van der Waals surface area contributed by atoms with Gasteiger partial charge in [0.05, 0.1) is 17.2 Å². The number of pyridine rings is 1. The number of hydrogen-bond donors (Lipinski definition) is 2. The van der Waals surface area contributed by atoms with Gasteiger partial charge in [0.1, 0.15) is 0 Å². The lowest BCUT2D eigenvalue weighted by Gasteiger charge is -2.18. The summed E-state index contributed by atoms with van der Waals surface area (Å²) in [6, 6.07) is 5.81. The smallest absolute Gasteiger partial charge is 0.241 e. The molecule has 0 bridgehead atoms. The molecule has 0 aliphatic heterocycles. The Bertz CT molecular complexity index is 746. The number of halogens is 1. The van der Waals surface area contributed by atoms with Gasteiger partial charge in [0.2, 0.25) is 5.91 Å². The van der Waals surface area contributed by atoms with Crippen molar-refractivity contribution in [2.45, 2.75) is 26.7 Å². The van der Waals surface area contributed by atoms with E-state index in [-0.39, 0.29) is 36.4 Å². The minimum Gasteiger partial charge on any atom is -0.356 e. The Kier molecular flexibility index (Phi) is 11.0. The van der Waals surface area contributed by atoms with Gasteiger partial charge < -0.3 is 15.5 Å². The molecule has 0 aliphatic rings. The number of likely N-dealkylation sites (N-methyl/N-ethyl adjacent to an activating group) is 1. The standard InChI is InChI=1S/C19H28N6OS.HI/c1-14-15(2)27-17(24-14)8-11-22-19(20-3)23-13-18(26)25(4)12-9-16-7-5-6-10-21-16;/h5-7,10H,8-9,11-13H2,1-4H3,(H2,20,22,23);1H. The molecule has 0 atom stereocenters. The van der Waals surface area contributed by atoms with Crippen LogP contribution in [-0.4, -0.2) is 60.5 Å². The predicted molar refractivity (Wildman–Crippen MR) is 126 cm³/mol. The molecular weight excluding hydrogens is 487 g/mol. The molecule has 2 heterocycles. The SMILES string of the molecule is CN=C(NCCc1nc(C)c(C)s1)NCC(=O)N(C)CCc1ccccn1.I. The average molecular weight is 516 g/mol. The fraction of sp³-hybridized carbons (Fsp3) is 0.474. The number of nitrogens with zero attached hydrogens (tertiary/aromatic N) is 4. The number of amides is 1. The number of nitrogens with one attached hydrogen (secondary N) is 2. The van der Waals surface area contributed by atoms with E-state index < -0.39 is 0 Å². The van der Waals surface area contributed by atoms with E-state index in [0.717, 1.165) is 35.8 Å². The Balaban J connectivity index is 0.00000392. The predicted octanol–water partition coefficient (Wildman–Crippen LogP) is 2.18. The lowest BCUT2D eigenvalue weighted by atomic mass is 10.2. The lowest BCUT2D eigenvalue weighted by molar-refractivity contribution is -0.128. The maximum absolute atomic E-state index is 12.3. The van der Waals surface area contributed by atoms with Gasteiger partial charge in [-0.25, -0.2) is 4.98 Å². The maximum Gasteiger partial charge on any atom is 0.241 e.